The molecule has 2 aliphatic rings. The zero-order valence-corrected chi connectivity index (χ0v) is 20.1. The fourth-order valence-corrected chi connectivity index (χ4v) is 5.80. The summed E-state index contributed by atoms with van der Waals surface area (Å²) in [5.41, 5.74) is 4.31. The summed E-state index contributed by atoms with van der Waals surface area (Å²) in [5, 5.41) is 6.17. The number of nitrogens with one attached hydrogen (secondary N) is 1. The van der Waals surface area contributed by atoms with Crippen molar-refractivity contribution in [3.05, 3.63) is 57.2 Å². The van der Waals surface area contributed by atoms with E-state index in [9.17, 15) is 14.4 Å². The predicted octanol–water partition coefficient (Wildman–Crippen LogP) is 3.70. The van der Waals surface area contributed by atoms with E-state index in [1.54, 1.807) is 25.2 Å². The Hall–Kier alpha value is -2.77. The molecular formula is C25H29N3O3S. The first-order valence-corrected chi connectivity index (χ1v) is 11.8. The van der Waals surface area contributed by atoms with Gasteiger partial charge in [-0.1, -0.05) is 0 Å². The molecule has 3 heterocycles. The van der Waals surface area contributed by atoms with Crippen LogP contribution in [0.3, 0.4) is 0 Å². The number of carbonyl (C=O) groups is 3. The number of fused-ring (bicyclic) bond motifs is 1. The number of piperazine rings is 1. The standard InChI is InChI=1S/C25H29N3O3S/c1-14-22(16(3)29)24(23(17(4)30)15(2)26-14)20-13-32-21-7-6-18(12-19(20)21)25(31)28-10-8-27(5)9-11-28/h6-7,12-13,24,26H,8-11H2,1-5H3. The van der Waals surface area contributed by atoms with Crippen molar-refractivity contribution in [3.63, 3.8) is 0 Å². The van der Waals surface area contributed by atoms with Crippen LogP contribution in [0.25, 0.3) is 10.1 Å². The smallest absolute Gasteiger partial charge is 0.253 e. The van der Waals surface area contributed by atoms with Gasteiger partial charge in [0.05, 0.1) is 0 Å². The number of nitrogens with zero attached hydrogens (tertiary/aromatic N) is 2. The molecule has 0 aliphatic carbocycles. The van der Waals surface area contributed by atoms with Gasteiger partial charge in [-0.2, -0.15) is 0 Å². The lowest BCUT2D eigenvalue weighted by Crippen LogP contribution is -2.47. The highest BCUT2D eigenvalue weighted by Crippen LogP contribution is 2.43. The molecule has 1 aromatic carbocycles. The van der Waals surface area contributed by atoms with Gasteiger partial charge in [-0.15, -0.1) is 11.3 Å². The summed E-state index contributed by atoms with van der Waals surface area (Å²) in [6.07, 6.45) is 0. The molecule has 4 rings (SSSR count). The van der Waals surface area contributed by atoms with E-state index < -0.39 is 5.92 Å². The van der Waals surface area contributed by atoms with Gasteiger partial charge < -0.3 is 15.1 Å². The minimum atomic E-state index is -0.436. The Bertz CT molecular complexity index is 1150. The molecule has 0 unspecified atom stereocenters. The molecule has 32 heavy (non-hydrogen) atoms. The molecule has 1 fully saturated rings. The van der Waals surface area contributed by atoms with Crippen molar-refractivity contribution in [1.29, 1.82) is 0 Å². The summed E-state index contributed by atoms with van der Waals surface area (Å²) < 4.78 is 1.04. The second-order valence-corrected chi connectivity index (χ2v) is 9.66. The van der Waals surface area contributed by atoms with Crippen molar-refractivity contribution in [2.45, 2.75) is 33.6 Å². The fraction of sp³-hybridized carbons (Fsp3) is 0.400. The van der Waals surface area contributed by atoms with Crippen molar-refractivity contribution in [3.8, 4) is 0 Å². The van der Waals surface area contributed by atoms with Gasteiger partial charge in [-0.25, -0.2) is 0 Å². The van der Waals surface area contributed by atoms with Crippen LogP contribution in [0.1, 0.15) is 49.5 Å². The van der Waals surface area contributed by atoms with Crippen LogP contribution < -0.4 is 5.32 Å². The summed E-state index contributed by atoms with van der Waals surface area (Å²) in [7, 11) is 2.06. The Balaban J connectivity index is 1.82. The fourth-order valence-electron chi connectivity index (χ4n) is 4.84. The molecule has 1 aromatic heterocycles. The Labute approximate surface area is 192 Å². The molecule has 0 bridgehead atoms. The lowest BCUT2D eigenvalue weighted by Gasteiger charge is -2.32. The second-order valence-electron chi connectivity index (χ2n) is 8.75. The first-order chi connectivity index (χ1) is 15.2. The van der Waals surface area contributed by atoms with Gasteiger partial charge >= 0.3 is 0 Å². The number of hydrogen-bond acceptors (Lipinski definition) is 6. The van der Waals surface area contributed by atoms with Crippen LogP contribution in [-0.4, -0.2) is 60.5 Å². The Morgan fingerprint density at radius 1 is 0.969 bits per heavy atom. The lowest BCUT2D eigenvalue weighted by atomic mass is 9.77. The maximum atomic E-state index is 13.2. The number of ketones is 2. The molecule has 2 aliphatic heterocycles. The zero-order chi connectivity index (χ0) is 23.2. The number of Topliss-reactive ketones (excluding diaryl/α,β-unsaturated/α-hetero) is 2. The van der Waals surface area contributed by atoms with E-state index in [-0.39, 0.29) is 17.5 Å². The average Bonchev–Trinajstić information content (AvgIpc) is 3.15. The number of amides is 1. The van der Waals surface area contributed by atoms with Gasteiger partial charge in [0.15, 0.2) is 11.6 Å². The first-order valence-electron chi connectivity index (χ1n) is 10.9. The number of rotatable bonds is 4. The number of benzene rings is 1. The lowest BCUT2D eigenvalue weighted by molar-refractivity contribution is -0.114. The quantitative estimate of drug-likeness (QED) is 0.768. The highest BCUT2D eigenvalue weighted by Gasteiger charge is 2.35. The highest BCUT2D eigenvalue weighted by molar-refractivity contribution is 7.17. The van der Waals surface area contributed by atoms with Crippen LogP contribution in [0, 0.1) is 0 Å². The maximum absolute atomic E-state index is 13.2. The molecule has 0 atom stereocenters. The largest absolute Gasteiger partial charge is 0.362 e. The summed E-state index contributed by atoms with van der Waals surface area (Å²) >= 11 is 1.57. The summed E-state index contributed by atoms with van der Waals surface area (Å²) in [4.78, 5) is 42.6. The van der Waals surface area contributed by atoms with Crippen molar-refractivity contribution in [2.75, 3.05) is 33.2 Å². The zero-order valence-electron chi connectivity index (χ0n) is 19.2. The number of likely N-dealkylation sites (N-methyl/N-ethyl adjacent to an activating group) is 1. The first kappa shape index (κ1) is 22.4. The second kappa shape index (κ2) is 8.64. The molecule has 0 spiro atoms. The SMILES string of the molecule is CC(=O)C1=C(C)NC(C)=C(C(C)=O)C1c1csc2ccc(C(=O)N3CCN(C)CC3)cc12. The molecule has 1 saturated heterocycles. The summed E-state index contributed by atoms with van der Waals surface area (Å²) in [6.45, 7) is 10.00. The highest BCUT2D eigenvalue weighted by atomic mass is 32.1. The Morgan fingerprint density at radius 3 is 2.12 bits per heavy atom. The summed E-state index contributed by atoms with van der Waals surface area (Å²) in [6, 6.07) is 5.79. The van der Waals surface area contributed by atoms with Gasteiger partial charge in [0.2, 0.25) is 0 Å². The number of thiophene rings is 1. The number of allylic oxidation sites excluding steroid dienone is 4. The molecule has 7 heteroatoms. The van der Waals surface area contributed by atoms with E-state index in [0.717, 1.165) is 40.1 Å². The van der Waals surface area contributed by atoms with Crippen LogP contribution in [0.2, 0.25) is 0 Å². The van der Waals surface area contributed by atoms with Gasteiger partial charge in [0.25, 0.3) is 5.91 Å². The minimum absolute atomic E-state index is 0.0273. The third-order valence-corrected chi connectivity index (χ3v) is 7.45. The minimum Gasteiger partial charge on any atom is -0.362 e. The maximum Gasteiger partial charge on any atom is 0.253 e. The normalized spacial score (nSPS) is 18.3. The van der Waals surface area contributed by atoms with Gasteiger partial charge in [-0.3, -0.25) is 14.4 Å². The van der Waals surface area contributed by atoms with E-state index in [1.165, 1.54) is 0 Å². The molecule has 2 aromatic rings. The number of carbonyl (C=O) groups excluding carboxylic acids is 3. The van der Waals surface area contributed by atoms with Crippen molar-refractivity contribution in [1.82, 2.24) is 15.1 Å². The van der Waals surface area contributed by atoms with Crippen LogP contribution in [0.4, 0.5) is 0 Å². The van der Waals surface area contributed by atoms with Crippen LogP contribution in [-0.2, 0) is 9.59 Å². The van der Waals surface area contributed by atoms with Gasteiger partial charge in [0, 0.05) is 64.9 Å². The van der Waals surface area contributed by atoms with E-state index in [0.29, 0.717) is 29.8 Å². The summed E-state index contributed by atoms with van der Waals surface area (Å²) in [5.74, 6) is -0.529. The van der Waals surface area contributed by atoms with Crippen LogP contribution >= 0.6 is 11.3 Å². The van der Waals surface area contributed by atoms with E-state index >= 15 is 0 Å². The Kier molecular flexibility index (Phi) is 6.05. The molecule has 1 amide bonds. The number of hydrogen-bond donors (Lipinski definition) is 1. The van der Waals surface area contributed by atoms with Crippen molar-refractivity contribution < 1.29 is 14.4 Å². The van der Waals surface area contributed by atoms with E-state index in [4.69, 9.17) is 0 Å². The predicted molar refractivity (Wildman–Crippen MR) is 128 cm³/mol. The van der Waals surface area contributed by atoms with Crippen LogP contribution in [0.15, 0.2) is 46.1 Å². The van der Waals surface area contributed by atoms with Crippen LogP contribution in [0.5, 0.6) is 0 Å². The Morgan fingerprint density at radius 2 is 1.56 bits per heavy atom. The molecular weight excluding hydrogens is 422 g/mol. The number of dihydropyridines is 1. The molecule has 0 radical (unpaired) electrons. The average molecular weight is 452 g/mol. The van der Waals surface area contributed by atoms with E-state index in [1.807, 2.05) is 42.3 Å². The molecule has 0 saturated carbocycles. The van der Waals surface area contributed by atoms with Crippen molar-refractivity contribution >= 4 is 38.9 Å². The third-order valence-electron chi connectivity index (χ3n) is 6.47. The topological polar surface area (TPSA) is 69.7 Å². The van der Waals surface area contributed by atoms with Gasteiger partial charge in [0.1, 0.15) is 0 Å². The molecule has 168 valence electrons. The molecule has 1 N–H and O–H groups in total. The third kappa shape index (κ3) is 3.91. The van der Waals surface area contributed by atoms with Crippen molar-refractivity contribution in [2.24, 2.45) is 0 Å². The molecule has 6 nitrogen and oxygen atoms in total. The van der Waals surface area contributed by atoms with E-state index in [2.05, 4.69) is 17.3 Å². The monoisotopic (exact) mass is 451 g/mol. The van der Waals surface area contributed by atoms with Gasteiger partial charge in [-0.05, 0) is 69.3 Å².